The molecule has 2 saturated carbocycles. The molecule has 218 valence electrons. The van der Waals surface area contributed by atoms with E-state index >= 15 is 4.57 Å². The molecule has 6 rings (SSSR count). The van der Waals surface area contributed by atoms with Crippen LogP contribution < -0.4 is 25.6 Å². The molecule has 0 unspecified atom stereocenters. The molecule has 0 aromatic heterocycles. The van der Waals surface area contributed by atoms with Crippen molar-refractivity contribution in [2.75, 3.05) is 25.1 Å². The smallest absolute Gasteiger partial charge is 0.173 e. The Morgan fingerprint density at radius 1 is 0.707 bits per heavy atom. The van der Waals surface area contributed by atoms with E-state index in [2.05, 4.69) is 21.9 Å². The lowest BCUT2D eigenvalue weighted by Gasteiger charge is -2.44. The molecule has 3 aromatic rings. The summed E-state index contributed by atoms with van der Waals surface area (Å²) in [6.45, 7) is 2.08. The summed E-state index contributed by atoms with van der Waals surface area (Å²) in [5.41, 5.74) is 1.04. The number of benzene rings is 3. The van der Waals surface area contributed by atoms with Crippen LogP contribution in [0.5, 0.6) is 5.75 Å². The maximum absolute atomic E-state index is 15.6. The lowest BCUT2D eigenvalue weighted by atomic mass is 9.88. The largest absolute Gasteiger partial charge is 0.495 e. The Morgan fingerprint density at radius 2 is 1.27 bits per heavy atom. The van der Waals surface area contributed by atoms with Gasteiger partial charge in [0.1, 0.15) is 5.75 Å². The fourth-order valence-corrected chi connectivity index (χ4v) is 10.8. The Labute approximate surface area is 247 Å². The Morgan fingerprint density at radius 3 is 1.80 bits per heavy atom. The normalized spacial score (nSPS) is 20.9. The second-order valence-electron chi connectivity index (χ2n) is 12.4. The maximum Gasteiger partial charge on any atom is 0.173 e. The van der Waals surface area contributed by atoms with Crippen LogP contribution in [0.25, 0.3) is 0 Å². The molecule has 1 saturated heterocycles. The molecular formula is C36H47N2O2P. The number of anilines is 1. The van der Waals surface area contributed by atoms with E-state index in [1.54, 1.807) is 7.11 Å². The number of hydrogen-bond donors (Lipinski definition) is 0. The molecule has 3 aliphatic rings. The van der Waals surface area contributed by atoms with Crippen LogP contribution in [0.15, 0.2) is 78.9 Å². The second-order valence-corrected chi connectivity index (χ2v) is 15.1. The first-order valence-corrected chi connectivity index (χ1v) is 17.8. The van der Waals surface area contributed by atoms with Gasteiger partial charge in [-0.25, -0.2) is 0 Å². The highest BCUT2D eigenvalue weighted by atomic mass is 31.2. The molecule has 2 aliphatic carbocycles. The Hall–Kier alpha value is -2.55. The summed E-state index contributed by atoms with van der Waals surface area (Å²) in [6.07, 6.45) is 16.0. The highest BCUT2D eigenvalue weighted by Crippen LogP contribution is 2.48. The molecule has 0 spiro atoms. The number of hydrogen-bond acceptors (Lipinski definition) is 4. The molecule has 3 aromatic carbocycles. The third-order valence-corrected chi connectivity index (χ3v) is 13.0. The highest BCUT2D eigenvalue weighted by molar-refractivity contribution is 7.85. The van der Waals surface area contributed by atoms with E-state index in [9.17, 15) is 0 Å². The van der Waals surface area contributed by atoms with Gasteiger partial charge in [0.05, 0.1) is 12.8 Å². The third-order valence-electron chi connectivity index (χ3n) is 9.95. The fraction of sp³-hybridized carbons (Fsp3) is 0.500. The van der Waals surface area contributed by atoms with Crippen LogP contribution in [0.2, 0.25) is 0 Å². The first-order valence-electron chi connectivity index (χ1n) is 16.1. The van der Waals surface area contributed by atoms with E-state index in [0.717, 1.165) is 46.9 Å². The molecule has 3 fully saturated rings. The molecular weight excluding hydrogens is 523 g/mol. The maximum atomic E-state index is 15.6. The average molecular weight is 571 g/mol. The number of ether oxygens (including phenoxy) is 1. The summed E-state index contributed by atoms with van der Waals surface area (Å²) < 4.78 is 21.7. The number of para-hydroxylation sites is 1. The van der Waals surface area contributed by atoms with E-state index in [-0.39, 0.29) is 0 Å². The van der Waals surface area contributed by atoms with Gasteiger partial charge in [-0.05, 0) is 50.7 Å². The zero-order chi connectivity index (χ0) is 28.1. The van der Waals surface area contributed by atoms with Gasteiger partial charge >= 0.3 is 0 Å². The standard InChI is InChI=1S/C36H47N2O2P/c1-40-34-25-14-26-35(41(39,32-21-10-4-11-22-32)33-23-12-5-13-24-33)36(34)37-27-15-20-31(37)28-38(29-16-6-2-7-17-29)30-18-8-3-9-19-30/h4-5,10-14,21-26,29-31H,2-3,6-9,15-20,27-28H2,1H3/t31-/m0/s1. The summed E-state index contributed by atoms with van der Waals surface area (Å²) >= 11 is 0. The molecule has 1 heterocycles. The Balaban J connectivity index is 1.42. The minimum absolute atomic E-state index is 0.397. The minimum atomic E-state index is -3.16. The molecule has 1 atom stereocenters. The average Bonchev–Trinajstić information content (AvgIpc) is 3.52. The van der Waals surface area contributed by atoms with Crippen LogP contribution in [0.1, 0.15) is 77.0 Å². The van der Waals surface area contributed by atoms with Crippen molar-refractivity contribution < 1.29 is 9.30 Å². The third kappa shape index (κ3) is 5.88. The lowest BCUT2D eigenvalue weighted by molar-refractivity contribution is 0.0748. The molecule has 0 radical (unpaired) electrons. The summed E-state index contributed by atoms with van der Waals surface area (Å²) in [6, 6.07) is 28.2. The van der Waals surface area contributed by atoms with Gasteiger partial charge < -0.3 is 14.2 Å². The molecule has 4 nitrogen and oxygen atoms in total. The van der Waals surface area contributed by atoms with Gasteiger partial charge in [0, 0.05) is 47.1 Å². The van der Waals surface area contributed by atoms with Crippen molar-refractivity contribution >= 4 is 28.7 Å². The minimum Gasteiger partial charge on any atom is -0.495 e. The predicted octanol–water partition coefficient (Wildman–Crippen LogP) is 7.27. The van der Waals surface area contributed by atoms with Crippen molar-refractivity contribution in [2.24, 2.45) is 0 Å². The van der Waals surface area contributed by atoms with E-state index < -0.39 is 7.14 Å². The lowest BCUT2D eigenvalue weighted by Crippen LogP contribution is -2.51. The van der Waals surface area contributed by atoms with E-state index in [0.29, 0.717) is 18.1 Å². The molecule has 0 amide bonds. The summed E-state index contributed by atoms with van der Waals surface area (Å²) in [4.78, 5) is 5.54. The van der Waals surface area contributed by atoms with Gasteiger partial charge in [0.15, 0.2) is 7.14 Å². The van der Waals surface area contributed by atoms with Crippen molar-refractivity contribution in [1.29, 1.82) is 0 Å². The Bertz CT molecular complexity index is 1240. The van der Waals surface area contributed by atoms with E-state index in [1.165, 1.54) is 70.6 Å². The molecule has 41 heavy (non-hydrogen) atoms. The van der Waals surface area contributed by atoms with Crippen LogP contribution >= 0.6 is 7.14 Å². The summed E-state index contributed by atoms with van der Waals surface area (Å²) in [7, 11) is -1.39. The van der Waals surface area contributed by atoms with Crippen molar-refractivity contribution in [3.8, 4) is 5.75 Å². The van der Waals surface area contributed by atoms with Crippen LogP contribution in [-0.4, -0.2) is 43.2 Å². The van der Waals surface area contributed by atoms with Crippen LogP contribution in [0.3, 0.4) is 0 Å². The SMILES string of the molecule is COc1cccc(P(=O)(c2ccccc2)c2ccccc2)c1N1CCC[C@H]1CN(C1CCCCC1)C1CCCCC1. The van der Waals surface area contributed by atoms with Crippen molar-refractivity contribution in [1.82, 2.24) is 4.90 Å². The van der Waals surface area contributed by atoms with Crippen molar-refractivity contribution in [3.05, 3.63) is 78.9 Å². The monoisotopic (exact) mass is 570 g/mol. The van der Waals surface area contributed by atoms with Crippen LogP contribution in [0, 0.1) is 0 Å². The van der Waals surface area contributed by atoms with Crippen LogP contribution in [-0.2, 0) is 4.57 Å². The van der Waals surface area contributed by atoms with Gasteiger partial charge in [-0.3, -0.25) is 4.90 Å². The van der Waals surface area contributed by atoms with Gasteiger partial charge in [0.2, 0.25) is 0 Å². The second kappa shape index (κ2) is 13.2. The molecule has 5 heteroatoms. The van der Waals surface area contributed by atoms with E-state index in [4.69, 9.17) is 4.74 Å². The van der Waals surface area contributed by atoms with Crippen LogP contribution in [0.4, 0.5) is 5.69 Å². The quantitative estimate of drug-likeness (QED) is 0.253. The fourth-order valence-electron chi connectivity index (χ4n) is 7.91. The highest BCUT2D eigenvalue weighted by Gasteiger charge is 2.39. The Kier molecular flexibility index (Phi) is 9.18. The van der Waals surface area contributed by atoms with Gasteiger partial charge in [-0.15, -0.1) is 0 Å². The number of nitrogens with zero attached hydrogens (tertiary/aromatic N) is 2. The first kappa shape index (κ1) is 28.6. The molecule has 0 bridgehead atoms. The van der Waals surface area contributed by atoms with Gasteiger partial charge in [0.25, 0.3) is 0 Å². The summed E-state index contributed by atoms with van der Waals surface area (Å²) in [5, 5.41) is 2.66. The number of rotatable bonds is 9. The van der Waals surface area contributed by atoms with Crippen molar-refractivity contribution in [2.45, 2.75) is 95.2 Å². The zero-order valence-corrected chi connectivity index (χ0v) is 25.7. The molecule has 1 aliphatic heterocycles. The van der Waals surface area contributed by atoms with Gasteiger partial charge in [-0.1, -0.05) is 105 Å². The first-order chi connectivity index (χ1) is 20.2. The predicted molar refractivity (Wildman–Crippen MR) is 173 cm³/mol. The van der Waals surface area contributed by atoms with E-state index in [1.807, 2.05) is 66.7 Å². The van der Waals surface area contributed by atoms with Gasteiger partial charge in [-0.2, -0.15) is 0 Å². The van der Waals surface area contributed by atoms with Crippen molar-refractivity contribution in [3.63, 3.8) is 0 Å². The summed E-state index contributed by atoms with van der Waals surface area (Å²) in [5.74, 6) is 0.836. The topological polar surface area (TPSA) is 32.8 Å². The number of methoxy groups -OCH3 is 1. The molecule has 0 N–H and O–H groups in total. The zero-order valence-electron chi connectivity index (χ0n) is 24.8.